The molecular formula is C17H20O. The second-order valence-electron chi connectivity index (χ2n) is 5.64. The molecule has 0 atom stereocenters. The summed E-state index contributed by atoms with van der Waals surface area (Å²) in [6.45, 7) is 6.43. The van der Waals surface area contributed by atoms with Crippen molar-refractivity contribution in [2.75, 3.05) is 0 Å². The molecule has 94 valence electrons. The van der Waals surface area contributed by atoms with Gasteiger partial charge in [-0.25, -0.2) is 0 Å². The third kappa shape index (κ3) is 2.61. The third-order valence-corrected chi connectivity index (χ3v) is 3.69. The second kappa shape index (κ2) is 4.93. The van der Waals surface area contributed by atoms with Crippen molar-refractivity contribution >= 4 is 16.6 Å². The number of fused-ring (bicyclic) bond motifs is 1. The molecule has 2 aromatic rings. The first-order valence-corrected chi connectivity index (χ1v) is 6.54. The van der Waals surface area contributed by atoms with Gasteiger partial charge < -0.3 is 0 Å². The molecule has 1 nitrogen and oxygen atoms in total. The van der Waals surface area contributed by atoms with Gasteiger partial charge in [-0.1, -0.05) is 69.7 Å². The summed E-state index contributed by atoms with van der Waals surface area (Å²) < 4.78 is 0. The van der Waals surface area contributed by atoms with E-state index in [0.29, 0.717) is 6.42 Å². The van der Waals surface area contributed by atoms with Crippen molar-refractivity contribution in [3.63, 3.8) is 0 Å². The van der Waals surface area contributed by atoms with Crippen LogP contribution in [0, 0.1) is 5.41 Å². The van der Waals surface area contributed by atoms with E-state index < -0.39 is 0 Å². The van der Waals surface area contributed by atoms with Gasteiger partial charge in [0.2, 0.25) is 0 Å². The normalized spacial score (nSPS) is 11.7. The summed E-state index contributed by atoms with van der Waals surface area (Å²) in [6, 6.07) is 14.0. The van der Waals surface area contributed by atoms with Crippen LogP contribution in [0.15, 0.2) is 42.5 Å². The SMILES string of the molecule is CCC(C)(C)CC(=O)c1cccc2ccccc12. The van der Waals surface area contributed by atoms with E-state index in [0.717, 1.165) is 22.8 Å². The number of hydrogen-bond acceptors (Lipinski definition) is 1. The molecule has 18 heavy (non-hydrogen) atoms. The lowest BCUT2D eigenvalue weighted by Gasteiger charge is -2.21. The van der Waals surface area contributed by atoms with Crippen molar-refractivity contribution in [3.05, 3.63) is 48.0 Å². The topological polar surface area (TPSA) is 17.1 Å². The van der Waals surface area contributed by atoms with E-state index in [1.54, 1.807) is 0 Å². The van der Waals surface area contributed by atoms with Crippen LogP contribution in [0.2, 0.25) is 0 Å². The maximum Gasteiger partial charge on any atom is 0.164 e. The molecule has 0 aromatic heterocycles. The Morgan fingerprint density at radius 3 is 2.44 bits per heavy atom. The highest BCUT2D eigenvalue weighted by Crippen LogP contribution is 2.28. The van der Waals surface area contributed by atoms with Crippen LogP contribution in [-0.4, -0.2) is 5.78 Å². The summed E-state index contributed by atoms with van der Waals surface area (Å²) in [5.74, 6) is 0.249. The summed E-state index contributed by atoms with van der Waals surface area (Å²) in [5.41, 5.74) is 0.934. The van der Waals surface area contributed by atoms with Crippen LogP contribution in [0.3, 0.4) is 0 Å². The van der Waals surface area contributed by atoms with Crippen LogP contribution in [0.5, 0.6) is 0 Å². The molecule has 2 aromatic carbocycles. The molecule has 0 unspecified atom stereocenters. The number of ketones is 1. The van der Waals surface area contributed by atoms with Crippen molar-refractivity contribution < 1.29 is 4.79 Å². The summed E-state index contributed by atoms with van der Waals surface area (Å²) in [6.07, 6.45) is 1.63. The summed E-state index contributed by atoms with van der Waals surface area (Å²) >= 11 is 0. The van der Waals surface area contributed by atoms with Gasteiger partial charge in [0.05, 0.1) is 0 Å². The Morgan fingerprint density at radius 1 is 1.06 bits per heavy atom. The molecule has 0 amide bonds. The summed E-state index contributed by atoms with van der Waals surface area (Å²) in [4.78, 5) is 12.4. The molecule has 2 rings (SSSR count). The molecule has 0 fully saturated rings. The number of Topliss-reactive ketones (excluding diaryl/α,β-unsaturated/α-hetero) is 1. The van der Waals surface area contributed by atoms with Crippen LogP contribution in [0.25, 0.3) is 10.8 Å². The predicted octanol–water partition coefficient (Wildman–Crippen LogP) is 4.85. The fraction of sp³-hybridized carbons (Fsp3) is 0.353. The van der Waals surface area contributed by atoms with Crippen molar-refractivity contribution in [3.8, 4) is 0 Å². The van der Waals surface area contributed by atoms with Crippen LogP contribution >= 0.6 is 0 Å². The summed E-state index contributed by atoms with van der Waals surface area (Å²) in [5, 5.41) is 2.20. The third-order valence-electron chi connectivity index (χ3n) is 3.69. The minimum atomic E-state index is 0.0774. The Bertz CT molecular complexity index is 561. The van der Waals surface area contributed by atoms with Crippen molar-refractivity contribution in [2.24, 2.45) is 5.41 Å². The van der Waals surface area contributed by atoms with Crippen molar-refractivity contribution in [1.29, 1.82) is 0 Å². The molecular weight excluding hydrogens is 220 g/mol. The fourth-order valence-electron chi connectivity index (χ4n) is 2.12. The number of rotatable bonds is 4. The number of carbonyl (C=O) groups excluding carboxylic acids is 1. The van der Waals surface area contributed by atoms with Gasteiger partial charge in [0.1, 0.15) is 0 Å². The molecule has 1 heteroatoms. The second-order valence-corrected chi connectivity index (χ2v) is 5.64. The molecule has 0 heterocycles. The highest BCUT2D eigenvalue weighted by atomic mass is 16.1. The zero-order valence-corrected chi connectivity index (χ0v) is 11.4. The average Bonchev–Trinajstić information content (AvgIpc) is 2.37. The van der Waals surface area contributed by atoms with Gasteiger partial charge in [-0.3, -0.25) is 4.79 Å². The first kappa shape index (κ1) is 12.8. The van der Waals surface area contributed by atoms with Gasteiger partial charge in [0.15, 0.2) is 5.78 Å². The van der Waals surface area contributed by atoms with Gasteiger partial charge in [-0.05, 0) is 16.2 Å². The molecule has 0 saturated heterocycles. The molecule has 0 saturated carbocycles. The molecule has 0 aliphatic carbocycles. The number of carbonyl (C=O) groups is 1. The highest BCUT2D eigenvalue weighted by molar-refractivity contribution is 6.08. The van der Waals surface area contributed by atoms with E-state index in [1.165, 1.54) is 0 Å². The standard InChI is InChI=1S/C17H20O/c1-4-17(2,3)12-16(18)15-11-7-9-13-8-5-6-10-14(13)15/h5-11H,4,12H2,1-3H3. The van der Waals surface area contributed by atoms with Crippen LogP contribution < -0.4 is 0 Å². The van der Waals surface area contributed by atoms with Gasteiger partial charge >= 0.3 is 0 Å². The monoisotopic (exact) mass is 240 g/mol. The first-order valence-electron chi connectivity index (χ1n) is 6.54. The van der Waals surface area contributed by atoms with E-state index in [-0.39, 0.29) is 11.2 Å². The molecule has 0 radical (unpaired) electrons. The maximum atomic E-state index is 12.4. The Balaban J connectivity index is 2.39. The zero-order chi connectivity index (χ0) is 13.2. The smallest absolute Gasteiger partial charge is 0.164 e. The Morgan fingerprint density at radius 2 is 1.72 bits per heavy atom. The average molecular weight is 240 g/mol. The minimum Gasteiger partial charge on any atom is -0.294 e. The molecule has 0 spiro atoms. The van der Waals surface area contributed by atoms with E-state index in [9.17, 15) is 4.79 Å². The Labute approximate surface area is 109 Å². The molecule has 0 aliphatic rings. The van der Waals surface area contributed by atoms with Crippen LogP contribution in [0.1, 0.15) is 44.0 Å². The van der Waals surface area contributed by atoms with Gasteiger partial charge in [-0.15, -0.1) is 0 Å². The maximum absolute atomic E-state index is 12.4. The number of benzene rings is 2. The number of hydrogen-bond donors (Lipinski definition) is 0. The van der Waals surface area contributed by atoms with Crippen LogP contribution in [0.4, 0.5) is 0 Å². The van der Waals surface area contributed by atoms with E-state index >= 15 is 0 Å². The lowest BCUT2D eigenvalue weighted by atomic mass is 9.82. The van der Waals surface area contributed by atoms with Gasteiger partial charge in [0.25, 0.3) is 0 Å². The molecule has 0 N–H and O–H groups in total. The van der Waals surface area contributed by atoms with E-state index in [1.807, 2.05) is 30.3 Å². The van der Waals surface area contributed by atoms with E-state index in [2.05, 4.69) is 32.9 Å². The highest BCUT2D eigenvalue weighted by Gasteiger charge is 2.21. The van der Waals surface area contributed by atoms with E-state index in [4.69, 9.17) is 0 Å². The lowest BCUT2D eigenvalue weighted by molar-refractivity contribution is 0.0930. The Hall–Kier alpha value is -1.63. The van der Waals surface area contributed by atoms with Crippen molar-refractivity contribution in [2.45, 2.75) is 33.6 Å². The zero-order valence-electron chi connectivity index (χ0n) is 11.4. The lowest BCUT2D eigenvalue weighted by Crippen LogP contribution is -2.16. The predicted molar refractivity (Wildman–Crippen MR) is 77.0 cm³/mol. The fourth-order valence-corrected chi connectivity index (χ4v) is 2.12. The first-order chi connectivity index (χ1) is 8.53. The van der Waals surface area contributed by atoms with Crippen LogP contribution in [-0.2, 0) is 0 Å². The molecule has 0 aliphatic heterocycles. The van der Waals surface area contributed by atoms with Gasteiger partial charge in [-0.2, -0.15) is 0 Å². The minimum absolute atomic E-state index is 0.0774. The molecule has 0 bridgehead atoms. The Kier molecular flexibility index (Phi) is 3.51. The largest absolute Gasteiger partial charge is 0.294 e. The van der Waals surface area contributed by atoms with Gasteiger partial charge in [0, 0.05) is 12.0 Å². The quantitative estimate of drug-likeness (QED) is 0.698. The van der Waals surface area contributed by atoms with Crippen molar-refractivity contribution in [1.82, 2.24) is 0 Å². The summed E-state index contributed by atoms with van der Waals surface area (Å²) in [7, 11) is 0.